The Morgan fingerprint density at radius 3 is 2.45 bits per heavy atom. The van der Waals surface area contributed by atoms with Crippen molar-refractivity contribution in [2.45, 2.75) is 50.6 Å². The standard InChI is InChI=1S/C27H30N2O3S/c1-20-15-16-24(17-21(20)2)33(31,32)29(18-22-9-4-3-5-10-22)19-27(30)28-26-14-8-12-23-11-6-7-13-25(23)26/h3-7,9-11,13,15-17,26H,8,12,14,18-19H2,1-2H3,(H,28,30)/t26-/m0/s1. The molecular formula is C27H30N2O3S. The molecule has 0 radical (unpaired) electrons. The van der Waals surface area contributed by atoms with Gasteiger partial charge in [-0.1, -0.05) is 60.7 Å². The van der Waals surface area contributed by atoms with Gasteiger partial charge in [-0.25, -0.2) is 8.42 Å². The van der Waals surface area contributed by atoms with Gasteiger partial charge in [-0.05, 0) is 73.1 Å². The number of fused-ring (bicyclic) bond motifs is 1. The van der Waals surface area contributed by atoms with E-state index in [0.29, 0.717) is 0 Å². The molecule has 0 aliphatic heterocycles. The van der Waals surface area contributed by atoms with Gasteiger partial charge in [0.15, 0.2) is 0 Å². The predicted molar refractivity (Wildman–Crippen MR) is 130 cm³/mol. The van der Waals surface area contributed by atoms with Crippen LogP contribution in [-0.2, 0) is 27.8 Å². The van der Waals surface area contributed by atoms with Crippen molar-refractivity contribution >= 4 is 15.9 Å². The zero-order chi connectivity index (χ0) is 23.4. The molecule has 5 nitrogen and oxygen atoms in total. The molecule has 33 heavy (non-hydrogen) atoms. The summed E-state index contributed by atoms with van der Waals surface area (Å²) < 4.78 is 28.4. The zero-order valence-corrected chi connectivity index (χ0v) is 19.9. The highest BCUT2D eigenvalue weighted by Gasteiger charge is 2.29. The maximum Gasteiger partial charge on any atom is 0.243 e. The average molecular weight is 463 g/mol. The van der Waals surface area contributed by atoms with Gasteiger partial charge in [-0.15, -0.1) is 0 Å². The molecule has 0 unspecified atom stereocenters. The first-order valence-corrected chi connectivity index (χ1v) is 12.8. The van der Waals surface area contributed by atoms with E-state index in [9.17, 15) is 13.2 Å². The van der Waals surface area contributed by atoms with E-state index in [0.717, 1.165) is 41.5 Å². The third kappa shape index (κ3) is 5.34. The minimum Gasteiger partial charge on any atom is -0.348 e. The second kappa shape index (κ2) is 9.89. The van der Waals surface area contributed by atoms with E-state index < -0.39 is 10.0 Å². The van der Waals surface area contributed by atoms with Crippen LogP contribution in [0.25, 0.3) is 0 Å². The summed E-state index contributed by atoms with van der Waals surface area (Å²) in [5.41, 5.74) is 5.14. The minimum absolute atomic E-state index is 0.0923. The van der Waals surface area contributed by atoms with Crippen molar-refractivity contribution in [1.29, 1.82) is 0 Å². The molecule has 1 amide bonds. The molecular weight excluding hydrogens is 432 g/mol. The number of nitrogens with zero attached hydrogens (tertiary/aromatic N) is 1. The second-order valence-electron chi connectivity index (χ2n) is 8.72. The largest absolute Gasteiger partial charge is 0.348 e. The van der Waals surface area contributed by atoms with E-state index in [1.54, 1.807) is 12.1 Å². The lowest BCUT2D eigenvalue weighted by atomic mass is 9.88. The first-order chi connectivity index (χ1) is 15.8. The number of nitrogens with one attached hydrogen (secondary N) is 1. The van der Waals surface area contributed by atoms with Crippen LogP contribution in [0.4, 0.5) is 0 Å². The Morgan fingerprint density at radius 1 is 0.970 bits per heavy atom. The number of aryl methyl sites for hydroxylation is 3. The molecule has 172 valence electrons. The van der Waals surface area contributed by atoms with Crippen LogP contribution in [0.2, 0.25) is 0 Å². The second-order valence-corrected chi connectivity index (χ2v) is 10.7. The normalized spacial score (nSPS) is 15.8. The maximum absolute atomic E-state index is 13.6. The third-order valence-corrected chi connectivity index (χ3v) is 8.13. The van der Waals surface area contributed by atoms with Gasteiger partial charge in [-0.2, -0.15) is 4.31 Å². The quantitative estimate of drug-likeness (QED) is 0.554. The maximum atomic E-state index is 13.6. The fourth-order valence-corrected chi connectivity index (χ4v) is 5.81. The lowest BCUT2D eigenvalue weighted by Gasteiger charge is -2.28. The first kappa shape index (κ1) is 23.2. The zero-order valence-electron chi connectivity index (χ0n) is 19.1. The highest BCUT2D eigenvalue weighted by molar-refractivity contribution is 7.89. The summed E-state index contributed by atoms with van der Waals surface area (Å²) >= 11 is 0. The number of benzene rings is 3. The Bertz CT molecular complexity index is 1240. The van der Waals surface area contributed by atoms with Gasteiger partial charge in [0.05, 0.1) is 17.5 Å². The van der Waals surface area contributed by atoms with Crippen molar-refractivity contribution in [1.82, 2.24) is 9.62 Å². The molecule has 0 spiro atoms. The molecule has 3 aromatic rings. The van der Waals surface area contributed by atoms with Crippen molar-refractivity contribution in [2.75, 3.05) is 6.54 Å². The number of carbonyl (C=O) groups excluding carboxylic acids is 1. The molecule has 1 aliphatic carbocycles. The third-order valence-electron chi connectivity index (χ3n) is 6.34. The van der Waals surface area contributed by atoms with Gasteiger partial charge in [0.1, 0.15) is 0 Å². The van der Waals surface area contributed by atoms with E-state index in [2.05, 4.69) is 11.4 Å². The topological polar surface area (TPSA) is 66.5 Å². The molecule has 0 bridgehead atoms. The fourth-order valence-electron chi connectivity index (χ4n) is 4.34. The summed E-state index contributed by atoms with van der Waals surface area (Å²) in [7, 11) is -3.86. The van der Waals surface area contributed by atoms with Crippen LogP contribution in [0, 0.1) is 13.8 Å². The lowest BCUT2D eigenvalue weighted by molar-refractivity contribution is -0.122. The summed E-state index contributed by atoms with van der Waals surface area (Å²) in [6.07, 6.45) is 2.85. The molecule has 3 aromatic carbocycles. The monoisotopic (exact) mass is 462 g/mol. The average Bonchev–Trinajstić information content (AvgIpc) is 2.81. The van der Waals surface area contributed by atoms with Crippen molar-refractivity contribution in [3.63, 3.8) is 0 Å². The van der Waals surface area contributed by atoms with Crippen molar-refractivity contribution in [3.05, 3.63) is 101 Å². The van der Waals surface area contributed by atoms with Crippen molar-refractivity contribution in [2.24, 2.45) is 0 Å². The molecule has 0 aromatic heterocycles. The van der Waals surface area contributed by atoms with E-state index in [1.165, 1.54) is 9.87 Å². The number of carbonyl (C=O) groups is 1. The number of sulfonamides is 1. The Morgan fingerprint density at radius 2 is 1.70 bits per heavy atom. The summed E-state index contributed by atoms with van der Waals surface area (Å²) in [6.45, 7) is 3.74. The highest BCUT2D eigenvalue weighted by atomic mass is 32.2. The Hall–Kier alpha value is -2.96. The molecule has 1 N–H and O–H groups in total. The summed E-state index contributed by atoms with van der Waals surface area (Å²) in [6, 6.07) is 22.5. The molecule has 1 aliphatic rings. The van der Waals surface area contributed by atoms with E-state index in [1.807, 2.05) is 68.4 Å². The Labute approximate surface area is 196 Å². The summed E-state index contributed by atoms with van der Waals surface area (Å²) in [5.74, 6) is -0.292. The predicted octanol–water partition coefficient (Wildman–Crippen LogP) is 4.69. The summed E-state index contributed by atoms with van der Waals surface area (Å²) in [5, 5.41) is 3.09. The Balaban J connectivity index is 1.59. The molecule has 0 saturated heterocycles. The first-order valence-electron chi connectivity index (χ1n) is 11.3. The van der Waals surface area contributed by atoms with Crippen LogP contribution in [0.15, 0.2) is 77.7 Å². The fraction of sp³-hybridized carbons (Fsp3) is 0.296. The van der Waals surface area contributed by atoms with Crippen LogP contribution in [0.3, 0.4) is 0 Å². The summed E-state index contributed by atoms with van der Waals surface area (Å²) in [4.78, 5) is 13.3. The molecule has 0 heterocycles. The van der Waals surface area contributed by atoms with Crippen molar-refractivity contribution in [3.8, 4) is 0 Å². The van der Waals surface area contributed by atoms with Gasteiger partial charge in [0.2, 0.25) is 15.9 Å². The van der Waals surface area contributed by atoms with Gasteiger partial charge in [0, 0.05) is 6.54 Å². The van der Waals surface area contributed by atoms with Crippen LogP contribution < -0.4 is 5.32 Å². The van der Waals surface area contributed by atoms with Gasteiger partial charge >= 0.3 is 0 Å². The smallest absolute Gasteiger partial charge is 0.243 e. The van der Waals surface area contributed by atoms with E-state index in [-0.39, 0.29) is 29.9 Å². The van der Waals surface area contributed by atoms with Crippen LogP contribution >= 0.6 is 0 Å². The molecule has 4 rings (SSSR count). The number of rotatable bonds is 7. The number of hydrogen-bond acceptors (Lipinski definition) is 3. The van der Waals surface area contributed by atoms with Crippen molar-refractivity contribution < 1.29 is 13.2 Å². The molecule has 1 atom stereocenters. The highest BCUT2D eigenvalue weighted by Crippen LogP contribution is 2.29. The van der Waals surface area contributed by atoms with Gasteiger partial charge < -0.3 is 5.32 Å². The number of hydrogen-bond donors (Lipinski definition) is 1. The van der Waals surface area contributed by atoms with Gasteiger partial charge in [-0.3, -0.25) is 4.79 Å². The molecule has 0 fully saturated rings. The number of amides is 1. The Kier molecular flexibility index (Phi) is 6.96. The van der Waals surface area contributed by atoms with Crippen LogP contribution in [0.5, 0.6) is 0 Å². The van der Waals surface area contributed by atoms with Crippen LogP contribution in [-0.4, -0.2) is 25.2 Å². The molecule has 0 saturated carbocycles. The van der Waals surface area contributed by atoms with Crippen LogP contribution in [0.1, 0.15) is 46.7 Å². The minimum atomic E-state index is -3.86. The molecule has 6 heteroatoms. The van der Waals surface area contributed by atoms with Gasteiger partial charge in [0.25, 0.3) is 0 Å². The lowest BCUT2D eigenvalue weighted by Crippen LogP contribution is -2.42. The van der Waals surface area contributed by atoms with E-state index in [4.69, 9.17) is 0 Å². The van der Waals surface area contributed by atoms with E-state index >= 15 is 0 Å². The SMILES string of the molecule is Cc1ccc(S(=O)(=O)N(CC(=O)N[C@H]2CCCc3ccccc32)Cc2ccccc2)cc1C.